The molecule has 0 aliphatic rings. The molecule has 0 saturated heterocycles. The summed E-state index contributed by atoms with van der Waals surface area (Å²) < 4.78 is 5.90. The van der Waals surface area contributed by atoms with Crippen molar-refractivity contribution in [3.63, 3.8) is 0 Å². The average Bonchev–Trinajstić information content (AvgIpc) is 2.79. The van der Waals surface area contributed by atoms with Crippen LogP contribution in [0.1, 0.15) is 75.3 Å². The highest BCUT2D eigenvalue weighted by molar-refractivity contribution is 5.85. The Morgan fingerprint density at radius 1 is 0.853 bits per heavy atom. The van der Waals surface area contributed by atoms with E-state index in [1.807, 2.05) is 39.2 Å². The van der Waals surface area contributed by atoms with Gasteiger partial charge in [0.05, 0.1) is 0 Å². The van der Waals surface area contributed by atoms with Gasteiger partial charge < -0.3 is 4.74 Å². The molecule has 0 amide bonds. The summed E-state index contributed by atoms with van der Waals surface area (Å²) in [5, 5.41) is 0. The molecule has 2 aromatic carbocycles. The number of aromatic nitrogens is 1. The fourth-order valence-electron chi connectivity index (χ4n) is 4.69. The summed E-state index contributed by atoms with van der Waals surface area (Å²) in [5.74, 6) is 0.882. The number of hydrogen-bond donors (Lipinski definition) is 0. The maximum Gasteiger partial charge on any atom is 0.175 e. The van der Waals surface area contributed by atoms with Gasteiger partial charge in [0.1, 0.15) is 12.4 Å². The molecule has 1 heterocycles. The molecular formula is C31H39NO2. The molecule has 0 aliphatic heterocycles. The molecule has 0 spiro atoms. The van der Waals surface area contributed by atoms with Gasteiger partial charge in [0, 0.05) is 28.8 Å². The highest BCUT2D eigenvalue weighted by Gasteiger charge is 2.31. The van der Waals surface area contributed by atoms with Gasteiger partial charge in [0.15, 0.2) is 5.78 Å². The smallest absolute Gasteiger partial charge is 0.175 e. The predicted molar refractivity (Wildman–Crippen MR) is 142 cm³/mol. The van der Waals surface area contributed by atoms with Gasteiger partial charge in [-0.25, -0.2) is 0 Å². The summed E-state index contributed by atoms with van der Waals surface area (Å²) in [4.78, 5) is 16.7. The van der Waals surface area contributed by atoms with Gasteiger partial charge in [0.2, 0.25) is 0 Å². The molecule has 180 valence electrons. The van der Waals surface area contributed by atoms with Crippen LogP contribution in [-0.4, -0.2) is 17.4 Å². The second-order valence-corrected chi connectivity index (χ2v) is 10.5. The lowest BCUT2D eigenvalue weighted by Crippen LogP contribution is -2.27. The van der Waals surface area contributed by atoms with Crippen molar-refractivity contribution in [1.29, 1.82) is 0 Å². The van der Waals surface area contributed by atoms with Crippen LogP contribution in [0.4, 0.5) is 0 Å². The third kappa shape index (κ3) is 5.24. The molecule has 3 nitrogen and oxygen atoms in total. The van der Waals surface area contributed by atoms with Crippen LogP contribution in [0.2, 0.25) is 0 Å². The van der Waals surface area contributed by atoms with Crippen molar-refractivity contribution in [3.8, 4) is 16.9 Å². The zero-order valence-electron chi connectivity index (χ0n) is 22.1. The normalized spacial score (nSPS) is 12.0. The second kappa shape index (κ2) is 10.1. The first-order chi connectivity index (χ1) is 16.0. The Bertz CT molecular complexity index is 1170. The summed E-state index contributed by atoms with van der Waals surface area (Å²) in [6, 6.07) is 15.5. The lowest BCUT2D eigenvalue weighted by Gasteiger charge is -2.34. The van der Waals surface area contributed by atoms with E-state index in [4.69, 9.17) is 4.74 Å². The third-order valence-corrected chi connectivity index (χ3v) is 7.09. The van der Waals surface area contributed by atoms with E-state index in [0.717, 1.165) is 29.7 Å². The Balaban J connectivity index is 1.95. The third-order valence-electron chi connectivity index (χ3n) is 7.09. The average molecular weight is 458 g/mol. The first-order valence-electron chi connectivity index (χ1n) is 12.3. The predicted octanol–water partition coefficient (Wildman–Crippen LogP) is 7.77. The van der Waals surface area contributed by atoms with Crippen molar-refractivity contribution in [3.05, 3.63) is 82.7 Å². The SMILES string of the molecule is CCC(CC)(c1ccc(OCC(=O)C(C)(C)C)c(C)c1)c1ccc(-c2cncc(C)c2)c(C)c1. The molecule has 0 bridgehead atoms. The minimum Gasteiger partial charge on any atom is -0.486 e. The Morgan fingerprint density at radius 3 is 2.00 bits per heavy atom. The first-order valence-corrected chi connectivity index (χ1v) is 12.3. The summed E-state index contributed by atoms with van der Waals surface area (Å²) in [7, 11) is 0. The molecule has 0 radical (unpaired) electrons. The summed E-state index contributed by atoms with van der Waals surface area (Å²) >= 11 is 0. The van der Waals surface area contributed by atoms with Crippen LogP contribution in [0, 0.1) is 26.2 Å². The lowest BCUT2D eigenvalue weighted by atomic mass is 9.69. The number of ketones is 1. The van der Waals surface area contributed by atoms with E-state index in [9.17, 15) is 4.79 Å². The van der Waals surface area contributed by atoms with Gasteiger partial charge in [-0.05, 0) is 79.1 Å². The topological polar surface area (TPSA) is 39.2 Å². The Labute approximate surface area is 205 Å². The summed E-state index contributed by atoms with van der Waals surface area (Å²) in [6.07, 6.45) is 5.82. The molecule has 1 aromatic heterocycles. The van der Waals surface area contributed by atoms with Crippen molar-refractivity contribution in [1.82, 2.24) is 4.98 Å². The number of carbonyl (C=O) groups excluding carboxylic acids is 1. The number of rotatable bonds is 8. The van der Waals surface area contributed by atoms with E-state index >= 15 is 0 Å². The standard InChI is InChI=1S/C31H39NO2/c1-9-31(10-2,25-11-13-27(22(4)16-25)24-15-21(3)18-32-19-24)26-12-14-28(23(5)17-26)34-20-29(33)30(6,7)8/h11-19H,9-10,20H2,1-8H3. The number of pyridine rings is 1. The van der Waals surface area contributed by atoms with Crippen LogP contribution in [0.25, 0.3) is 11.1 Å². The molecule has 3 aromatic rings. The van der Waals surface area contributed by atoms with E-state index < -0.39 is 5.41 Å². The number of benzene rings is 2. The van der Waals surface area contributed by atoms with Crippen LogP contribution in [0.15, 0.2) is 54.9 Å². The van der Waals surface area contributed by atoms with Gasteiger partial charge in [-0.2, -0.15) is 0 Å². The van der Waals surface area contributed by atoms with Gasteiger partial charge in [0.25, 0.3) is 0 Å². The van der Waals surface area contributed by atoms with Gasteiger partial charge in [-0.1, -0.05) is 65.0 Å². The van der Waals surface area contributed by atoms with Crippen LogP contribution in [0.3, 0.4) is 0 Å². The van der Waals surface area contributed by atoms with Crippen molar-refractivity contribution in [2.24, 2.45) is 5.41 Å². The van der Waals surface area contributed by atoms with Crippen LogP contribution in [0.5, 0.6) is 5.75 Å². The van der Waals surface area contributed by atoms with Crippen molar-refractivity contribution in [2.45, 2.75) is 73.6 Å². The van der Waals surface area contributed by atoms with E-state index in [1.165, 1.54) is 27.8 Å². The van der Waals surface area contributed by atoms with Crippen molar-refractivity contribution >= 4 is 5.78 Å². The fraction of sp³-hybridized carbons (Fsp3) is 0.419. The minimum atomic E-state index is -0.397. The van der Waals surface area contributed by atoms with Gasteiger partial charge >= 0.3 is 0 Å². The number of carbonyl (C=O) groups is 1. The van der Waals surface area contributed by atoms with Crippen molar-refractivity contribution in [2.75, 3.05) is 6.61 Å². The van der Waals surface area contributed by atoms with E-state index in [-0.39, 0.29) is 17.8 Å². The Morgan fingerprint density at radius 2 is 1.47 bits per heavy atom. The second-order valence-electron chi connectivity index (χ2n) is 10.5. The quantitative estimate of drug-likeness (QED) is 0.347. The fourth-order valence-corrected chi connectivity index (χ4v) is 4.69. The first kappa shape index (κ1) is 25.7. The van der Waals surface area contributed by atoms with Gasteiger partial charge in [-0.3, -0.25) is 9.78 Å². The maximum absolute atomic E-state index is 12.3. The molecule has 34 heavy (non-hydrogen) atoms. The number of hydrogen-bond acceptors (Lipinski definition) is 3. The monoisotopic (exact) mass is 457 g/mol. The molecule has 0 unspecified atom stereocenters. The van der Waals surface area contributed by atoms with E-state index in [2.05, 4.69) is 76.0 Å². The molecule has 0 fully saturated rings. The van der Waals surface area contributed by atoms with E-state index in [1.54, 1.807) is 0 Å². The maximum atomic E-state index is 12.3. The number of ether oxygens (including phenoxy) is 1. The highest BCUT2D eigenvalue weighted by atomic mass is 16.5. The highest BCUT2D eigenvalue weighted by Crippen LogP contribution is 2.41. The largest absolute Gasteiger partial charge is 0.486 e. The van der Waals surface area contributed by atoms with Crippen LogP contribution >= 0.6 is 0 Å². The molecule has 3 heteroatoms. The van der Waals surface area contributed by atoms with Crippen molar-refractivity contribution < 1.29 is 9.53 Å². The molecular weight excluding hydrogens is 418 g/mol. The van der Waals surface area contributed by atoms with Crippen LogP contribution in [-0.2, 0) is 10.2 Å². The molecule has 0 saturated carbocycles. The minimum absolute atomic E-state index is 0.0847. The molecule has 0 atom stereocenters. The number of aryl methyl sites for hydroxylation is 3. The zero-order valence-corrected chi connectivity index (χ0v) is 22.1. The summed E-state index contributed by atoms with van der Waals surface area (Å²) in [6.45, 7) is 16.7. The van der Waals surface area contributed by atoms with E-state index in [0.29, 0.717) is 0 Å². The molecule has 0 N–H and O–H groups in total. The van der Waals surface area contributed by atoms with Crippen LogP contribution < -0.4 is 4.74 Å². The number of Topliss-reactive ketones (excluding diaryl/α,β-unsaturated/α-hetero) is 1. The molecule has 0 aliphatic carbocycles. The molecule has 3 rings (SSSR count). The van der Waals surface area contributed by atoms with Gasteiger partial charge in [-0.15, -0.1) is 0 Å². The Hall–Kier alpha value is -2.94. The number of nitrogens with zero attached hydrogens (tertiary/aromatic N) is 1. The lowest BCUT2D eigenvalue weighted by molar-refractivity contribution is -0.128. The zero-order chi connectivity index (χ0) is 25.1. The summed E-state index contributed by atoms with van der Waals surface area (Å²) in [5.41, 5.74) is 8.00. The Kier molecular flexibility index (Phi) is 7.65.